The van der Waals surface area contributed by atoms with Crippen LogP contribution in [0.25, 0.3) is 6.08 Å². The summed E-state index contributed by atoms with van der Waals surface area (Å²) in [4.78, 5) is 22.1. The van der Waals surface area contributed by atoms with Crippen LogP contribution >= 0.6 is 0 Å². The van der Waals surface area contributed by atoms with E-state index in [0.29, 0.717) is 11.3 Å². The molecule has 2 aromatic rings. The van der Waals surface area contributed by atoms with Crippen LogP contribution in [-0.4, -0.2) is 18.0 Å². The standard InChI is InChI=1S/C17H12N2O5/c1-23-16-5-3-2-4-12(16)10-13(11-18)17(20)24-15-8-6-14(7-9-15)19(21)22/h2-10H,1H3/b13-10+. The summed E-state index contributed by atoms with van der Waals surface area (Å²) < 4.78 is 10.2. The fourth-order valence-electron chi connectivity index (χ4n) is 1.88. The Hall–Kier alpha value is -3.66. The summed E-state index contributed by atoms with van der Waals surface area (Å²) in [5.41, 5.74) is 0.204. The van der Waals surface area contributed by atoms with E-state index < -0.39 is 10.9 Å². The molecule has 24 heavy (non-hydrogen) atoms. The van der Waals surface area contributed by atoms with Gasteiger partial charge >= 0.3 is 5.97 Å². The van der Waals surface area contributed by atoms with Gasteiger partial charge in [-0.2, -0.15) is 5.26 Å². The topological polar surface area (TPSA) is 102 Å². The minimum Gasteiger partial charge on any atom is -0.496 e. The van der Waals surface area contributed by atoms with E-state index in [1.165, 1.54) is 37.5 Å². The van der Waals surface area contributed by atoms with Crippen molar-refractivity contribution in [2.24, 2.45) is 0 Å². The van der Waals surface area contributed by atoms with Crippen molar-refractivity contribution in [2.45, 2.75) is 0 Å². The van der Waals surface area contributed by atoms with Crippen LogP contribution in [0.4, 0.5) is 5.69 Å². The van der Waals surface area contributed by atoms with Crippen LogP contribution in [0.5, 0.6) is 11.5 Å². The molecule has 0 heterocycles. The summed E-state index contributed by atoms with van der Waals surface area (Å²) in [6.07, 6.45) is 1.35. The molecule has 0 aliphatic carbocycles. The van der Waals surface area contributed by atoms with Gasteiger partial charge in [-0.1, -0.05) is 18.2 Å². The van der Waals surface area contributed by atoms with Gasteiger partial charge in [0.05, 0.1) is 12.0 Å². The average Bonchev–Trinajstić information content (AvgIpc) is 2.60. The number of rotatable bonds is 5. The molecule has 0 unspecified atom stereocenters. The van der Waals surface area contributed by atoms with Crippen LogP contribution < -0.4 is 9.47 Å². The predicted octanol–water partition coefficient (Wildman–Crippen LogP) is 3.12. The van der Waals surface area contributed by atoms with Crippen LogP contribution in [0.15, 0.2) is 54.1 Å². The molecule has 0 N–H and O–H groups in total. The number of esters is 1. The van der Waals surface area contributed by atoms with Crippen LogP contribution in [-0.2, 0) is 4.79 Å². The van der Waals surface area contributed by atoms with Gasteiger partial charge in [0.25, 0.3) is 5.69 Å². The zero-order valence-corrected chi connectivity index (χ0v) is 12.6. The van der Waals surface area contributed by atoms with Gasteiger partial charge in [-0.3, -0.25) is 10.1 Å². The lowest BCUT2D eigenvalue weighted by molar-refractivity contribution is -0.384. The normalized spacial score (nSPS) is 10.6. The van der Waals surface area contributed by atoms with Crippen molar-refractivity contribution in [1.82, 2.24) is 0 Å². The lowest BCUT2D eigenvalue weighted by atomic mass is 10.1. The molecule has 0 amide bonds. The molecule has 7 heteroatoms. The zero-order valence-electron chi connectivity index (χ0n) is 12.6. The highest BCUT2D eigenvalue weighted by Crippen LogP contribution is 2.22. The number of methoxy groups -OCH3 is 1. The number of nitriles is 1. The van der Waals surface area contributed by atoms with Crippen LogP contribution in [0.2, 0.25) is 0 Å². The van der Waals surface area contributed by atoms with Crippen molar-refractivity contribution in [3.8, 4) is 17.6 Å². The first kappa shape index (κ1) is 16.7. The number of carbonyl (C=O) groups is 1. The molecule has 2 rings (SSSR count). The van der Waals surface area contributed by atoms with Crippen molar-refractivity contribution in [2.75, 3.05) is 7.11 Å². The van der Waals surface area contributed by atoms with Gasteiger partial charge in [-0.15, -0.1) is 0 Å². The van der Waals surface area contributed by atoms with Gasteiger partial charge in [0.2, 0.25) is 0 Å². The Kier molecular flexibility index (Phi) is 5.26. The lowest BCUT2D eigenvalue weighted by Gasteiger charge is -2.05. The smallest absolute Gasteiger partial charge is 0.354 e. The number of hydrogen-bond acceptors (Lipinski definition) is 6. The number of nitro groups is 1. The number of para-hydroxylation sites is 1. The summed E-state index contributed by atoms with van der Waals surface area (Å²) in [7, 11) is 1.48. The summed E-state index contributed by atoms with van der Waals surface area (Å²) in [5, 5.41) is 19.8. The molecule has 0 aliphatic rings. The number of carbonyl (C=O) groups excluding carboxylic acids is 1. The van der Waals surface area contributed by atoms with Crippen molar-refractivity contribution in [3.05, 3.63) is 69.8 Å². The highest BCUT2D eigenvalue weighted by Gasteiger charge is 2.14. The molecule has 120 valence electrons. The fraction of sp³-hybridized carbons (Fsp3) is 0.0588. The van der Waals surface area contributed by atoms with Crippen LogP contribution in [0, 0.1) is 21.4 Å². The molecule has 0 saturated carbocycles. The van der Waals surface area contributed by atoms with Crippen molar-refractivity contribution in [3.63, 3.8) is 0 Å². The van der Waals surface area contributed by atoms with E-state index in [4.69, 9.17) is 14.7 Å². The number of hydrogen-bond donors (Lipinski definition) is 0. The maximum absolute atomic E-state index is 12.1. The first-order chi connectivity index (χ1) is 11.5. The third kappa shape index (κ3) is 3.96. The van der Waals surface area contributed by atoms with E-state index in [-0.39, 0.29) is 17.0 Å². The first-order valence-corrected chi connectivity index (χ1v) is 6.76. The molecule has 0 bridgehead atoms. The second kappa shape index (κ2) is 7.56. The molecular weight excluding hydrogens is 312 g/mol. The first-order valence-electron chi connectivity index (χ1n) is 6.76. The van der Waals surface area contributed by atoms with Gasteiger partial charge in [0, 0.05) is 17.7 Å². The van der Waals surface area contributed by atoms with Crippen molar-refractivity contribution >= 4 is 17.7 Å². The molecule has 0 saturated heterocycles. The van der Waals surface area contributed by atoms with Gasteiger partial charge in [-0.05, 0) is 24.3 Å². The van der Waals surface area contributed by atoms with E-state index >= 15 is 0 Å². The minimum absolute atomic E-state index is 0.103. The summed E-state index contributed by atoms with van der Waals surface area (Å²) in [6.45, 7) is 0. The van der Waals surface area contributed by atoms with Gasteiger partial charge in [-0.25, -0.2) is 4.79 Å². The molecular formula is C17H12N2O5. The number of non-ortho nitro benzene ring substituents is 1. The highest BCUT2D eigenvalue weighted by atomic mass is 16.6. The second-order valence-electron chi connectivity index (χ2n) is 4.55. The third-order valence-electron chi connectivity index (χ3n) is 3.04. The average molecular weight is 324 g/mol. The molecule has 0 atom stereocenters. The maximum Gasteiger partial charge on any atom is 0.354 e. The molecule has 7 nitrogen and oxygen atoms in total. The predicted molar refractivity (Wildman–Crippen MR) is 85.3 cm³/mol. The van der Waals surface area contributed by atoms with Gasteiger partial charge in [0.1, 0.15) is 23.1 Å². The van der Waals surface area contributed by atoms with E-state index in [0.717, 1.165) is 0 Å². The van der Waals surface area contributed by atoms with E-state index in [1.54, 1.807) is 30.3 Å². The molecule has 0 spiro atoms. The number of nitro benzene ring substituents is 1. The summed E-state index contributed by atoms with van der Waals surface area (Å²) in [6, 6.07) is 13.6. The maximum atomic E-state index is 12.1. The quantitative estimate of drug-likeness (QED) is 0.209. The van der Waals surface area contributed by atoms with E-state index in [9.17, 15) is 14.9 Å². The van der Waals surface area contributed by atoms with Crippen LogP contribution in [0.1, 0.15) is 5.56 Å². The molecule has 0 fully saturated rings. The zero-order chi connectivity index (χ0) is 17.5. The van der Waals surface area contributed by atoms with Crippen LogP contribution in [0.3, 0.4) is 0 Å². The van der Waals surface area contributed by atoms with Gasteiger partial charge < -0.3 is 9.47 Å². The number of nitrogens with zero attached hydrogens (tertiary/aromatic N) is 2. The van der Waals surface area contributed by atoms with E-state index in [1.807, 2.05) is 0 Å². The number of benzene rings is 2. The molecule has 0 aromatic heterocycles. The third-order valence-corrected chi connectivity index (χ3v) is 3.04. The van der Waals surface area contributed by atoms with Gasteiger partial charge in [0.15, 0.2) is 0 Å². The Balaban J connectivity index is 2.21. The molecule has 0 radical (unpaired) electrons. The lowest BCUT2D eigenvalue weighted by Crippen LogP contribution is -2.10. The van der Waals surface area contributed by atoms with E-state index in [2.05, 4.69) is 0 Å². The molecule has 2 aromatic carbocycles. The van der Waals surface area contributed by atoms with Crippen molar-refractivity contribution in [1.29, 1.82) is 5.26 Å². The second-order valence-corrected chi connectivity index (χ2v) is 4.55. The Morgan fingerprint density at radius 3 is 2.46 bits per heavy atom. The largest absolute Gasteiger partial charge is 0.496 e. The Morgan fingerprint density at radius 2 is 1.88 bits per heavy atom. The Labute approximate surface area is 137 Å². The monoisotopic (exact) mass is 324 g/mol. The SMILES string of the molecule is COc1ccccc1/C=C(\C#N)C(=O)Oc1ccc([N+](=O)[O-])cc1. The minimum atomic E-state index is -0.864. The number of ether oxygens (including phenoxy) is 2. The highest BCUT2D eigenvalue weighted by molar-refractivity contribution is 5.99. The Morgan fingerprint density at radius 1 is 1.21 bits per heavy atom. The van der Waals surface area contributed by atoms with Crippen molar-refractivity contribution < 1.29 is 19.2 Å². The molecule has 0 aliphatic heterocycles. The summed E-state index contributed by atoms with van der Waals surface area (Å²) >= 11 is 0. The fourth-order valence-corrected chi connectivity index (χ4v) is 1.88. The summed E-state index contributed by atoms with van der Waals surface area (Å²) in [5.74, 6) is -0.252. The Bertz CT molecular complexity index is 835.